The van der Waals surface area contributed by atoms with Crippen LogP contribution in [0.15, 0.2) is 18.5 Å². The molecular weight excluding hydrogens is 183 g/mol. The zero-order valence-electron chi connectivity index (χ0n) is 6.64. The van der Waals surface area contributed by atoms with E-state index in [2.05, 4.69) is 9.88 Å². The van der Waals surface area contributed by atoms with Crippen molar-refractivity contribution in [1.29, 1.82) is 0 Å². The van der Waals surface area contributed by atoms with Crippen LogP contribution in [0.3, 0.4) is 0 Å². The standard InChI is InChI=1S/C6H10N2.CH2Cl2/c1-8(2)6-3-4-7-5-6;2-1-3/h3-5,7H,1-2H3;1H2. The summed E-state index contributed by atoms with van der Waals surface area (Å²) in [4.78, 5) is 5.02. The monoisotopic (exact) mass is 194 g/mol. The summed E-state index contributed by atoms with van der Waals surface area (Å²) in [6, 6.07) is 2.03. The van der Waals surface area contributed by atoms with E-state index >= 15 is 0 Å². The Labute approximate surface area is 77.1 Å². The van der Waals surface area contributed by atoms with Gasteiger partial charge in [0, 0.05) is 26.5 Å². The maximum Gasteiger partial charge on any atom is 0.0967 e. The second-order valence-electron chi connectivity index (χ2n) is 2.06. The second kappa shape index (κ2) is 6.38. The van der Waals surface area contributed by atoms with Crippen molar-refractivity contribution in [3.05, 3.63) is 18.5 Å². The van der Waals surface area contributed by atoms with Crippen LogP contribution in [0.5, 0.6) is 0 Å². The molecule has 0 atom stereocenters. The molecule has 4 heteroatoms. The molecule has 0 radical (unpaired) electrons. The quantitative estimate of drug-likeness (QED) is 0.682. The van der Waals surface area contributed by atoms with Crippen molar-refractivity contribution in [2.75, 3.05) is 24.3 Å². The van der Waals surface area contributed by atoms with Gasteiger partial charge in [-0.3, -0.25) is 0 Å². The maximum absolute atomic E-state index is 4.76. The number of hydrogen-bond donors (Lipinski definition) is 1. The first-order valence-corrected chi connectivity index (χ1v) is 4.21. The van der Waals surface area contributed by atoms with E-state index in [1.807, 2.05) is 32.6 Å². The van der Waals surface area contributed by atoms with E-state index in [9.17, 15) is 0 Å². The zero-order valence-corrected chi connectivity index (χ0v) is 8.15. The molecule has 0 saturated heterocycles. The minimum atomic E-state index is 0.194. The molecule has 0 aromatic carbocycles. The van der Waals surface area contributed by atoms with Crippen LogP contribution in [-0.4, -0.2) is 24.4 Å². The molecule has 1 N–H and O–H groups in total. The van der Waals surface area contributed by atoms with Crippen molar-refractivity contribution in [2.24, 2.45) is 0 Å². The predicted octanol–water partition coefficient (Wildman–Crippen LogP) is 2.50. The Hall–Kier alpha value is -0.340. The van der Waals surface area contributed by atoms with Crippen LogP contribution >= 0.6 is 23.2 Å². The summed E-state index contributed by atoms with van der Waals surface area (Å²) < 4.78 is 0. The van der Waals surface area contributed by atoms with Crippen LogP contribution < -0.4 is 4.90 Å². The molecule has 0 bridgehead atoms. The lowest BCUT2D eigenvalue weighted by Gasteiger charge is -2.06. The predicted molar refractivity (Wildman–Crippen MR) is 51.7 cm³/mol. The Morgan fingerprint density at radius 3 is 2.18 bits per heavy atom. The first-order valence-electron chi connectivity index (χ1n) is 3.14. The molecule has 0 saturated carbocycles. The van der Waals surface area contributed by atoms with Gasteiger partial charge >= 0.3 is 0 Å². The highest BCUT2D eigenvalue weighted by Crippen LogP contribution is 2.05. The second-order valence-corrected chi connectivity index (χ2v) is 2.87. The fraction of sp³-hybridized carbons (Fsp3) is 0.429. The summed E-state index contributed by atoms with van der Waals surface area (Å²) >= 11 is 9.53. The number of halogens is 2. The number of hydrogen-bond acceptors (Lipinski definition) is 1. The van der Waals surface area contributed by atoms with E-state index in [0.29, 0.717) is 0 Å². The molecule has 1 aromatic heterocycles. The third-order valence-corrected chi connectivity index (χ3v) is 1.10. The molecule has 2 nitrogen and oxygen atoms in total. The Kier molecular flexibility index (Phi) is 6.18. The minimum absolute atomic E-state index is 0.194. The van der Waals surface area contributed by atoms with E-state index in [-0.39, 0.29) is 5.34 Å². The largest absolute Gasteiger partial charge is 0.376 e. The fourth-order valence-electron chi connectivity index (χ4n) is 0.593. The summed E-state index contributed by atoms with van der Waals surface area (Å²) in [5, 5.41) is 0.194. The average Bonchev–Trinajstić information content (AvgIpc) is 2.38. The van der Waals surface area contributed by atoms with Crippen molar-refractivity contribution in [3.8, 4) is 0 Å². The van der Waals surface area contributed by atoms with Crippen LogP contribution in [0.25, 0.3) is 0 Å². The Balaban J connectivity index is 0.000000292. The van der Waals surface area contributed by atoms with Crippen molar-refractivity contribution in [2.45, 2.75) is 0 Å². The molecule has 0 fully saturated rings. The Morgan fingerprint density at radius 2 is 2.00 bits per heavy atom. The van der Waals surface area contributed by atoms with Gasteiger partial charge in [-0.05, 0) is 6.07 Å². The molecule has 0 amide bonds. The fourth-order valence-corrected chi connectivity index (χ4v) is 0.593. The van der Waals surface area contributed by atoms with Gasteiger partial charge in [-0.2, -0.15) is 0 Å². The number of anilines is 1. The van der Waals surface area contributed by atoms with Gasteiger partial charge in [0.15, 0.2) is 0 Å². The number of nitrogens with zero attached hydrogens (tertiary/aromatic N) is 1. The molecule has 11 heavy (non-hydrogen) atoms. The number of aromatic amines is 1. The van der Waals surface area contributed by atoms with Crippen molar-refractivity contribution >= 4 is 28.9 Å². The average molecular weight is 195 g/mol. The van der Waals surface area contributed by atoms with E-state index in [1.54, 1.807) is 0 Å². The highest BCUT2D eigenvalue weighted by atomic mass is 35.5. The highest BCUT2D eigenvalue weighted by molar-refractivity contribution is 6.40. The number of rotatable bonds is 1. The first kappa shape index (κ1) is 10.7. The molecule has 64 valence electrons. The van der Waals surface area contributed by atoms with Gasteiger partial charge in [-0.25, -0.2) is 0 Å². The summed E-state index contributed by atoms with van der Waals surface area (Å²) in [5.74, 6) is 0. The van der Waals surface area contributed by atoms with Crippen molar-refractivity contribution in [1.82, 2.24) is 4.98 Å². The van der Waals surface area contributed by atoms with Crippen LogP contribution in [0.2, 0.25) is 0 Å². The van der Waals surface area contributed by atoms with Crippen molar-refractivity contribution < 1.29 is 0 Å². The third kappa shape index (κ3) is 4.99. The van der Waals surface area contributed by atoms with E-state index < -0.39 is 0 Å². The normalized spacial score (nSPS) is 8.36. The van der Waals surface area contributed by atoms with Crippen LogP contribution in [0.1, 0.15) is 0 Å². The van der Waals surface area contributed by atoms with Crippen LogP contribution in [-0.2, 0) is 0 Å². The molecule has 0 aliphatic rings. The van der Waals surface area contributed by atoms with Gasteiger partial charge in [0.25, 0.3) is 0 Å². The van der Waals surface area contributed by atoms with Gasteiger partial charge in [-0.1, -0.05) is 0 Å². The number of nitrogens with one attached hydrogen (secondary N) is 1. The number of H-pyrrole nitrogens is 1. The van der Waals surface area contributed by atoms with E-state index in [4.69, 9.17) is 23.2 Å². The van der Waals surface area contributed by atoms with Gasteiger partial charge in [0.2, 0.25) is 0 Å². The molecule has 0 spiro atoms. The zero-order chi connectivity index (χ0) is 8.69. The lowest BCUT2D eigenvalue weighted by molar-refractivity contribution is 1.13. The molecule has 0 unspecified atom stereocenters. The van der Waals surface area contributed by atoms with Crippen molar-refractivity contribution in [3.63, 3.8) is 0 Å². The lowest BCUT2D eigenvalue weighted by atomic mass is 10.5. The van der Waals surface area contributed by atoms with Crippen LogP contribution in [0.4, 0.5) is 5.69 Å². The summed E-state index contributed by atoms with van der Waals surface area (Å²) in [7, 11) is 4.03. The third-order valence-electron chi connectivity index (χ3n) is 1.10. The Morgan fingerprint density at radius 1 is 1.45 bits per heavy atom. The summed E-state index contributed by atoms with van der Waals surface area (Å²) in [5.41, 5.74) is 1.21. The topological polar surface area (TPSA) is 19.0 Å². The molecule has 1 heterocycles. The SMILES string of the molecule is CN(C)c1cc[nH]c1.ClCCl. The maximum atomic E-state index is 4.76. The van der Waals surface area contributed by atoms with Gasteiger partial charge in [0.05, 0.1) is 11.0 Å². The molecule has 0 aliphatic carbocycles. The van der Waals surface area contributed by atoms with Gasteiger partial charge < -0.3 is 9.88 Å². The lowest BCUT2D eigenvalue weighted by Crippen LogP contribution is -2.06. The molecular formula is C7H12Cl2N2. The number of alkyl halides is 2. The smallest absolute Gasteiger partial charge is 0.0967 e. The van der Waals surface area contributed by atoms with Gasteiger partial charge in [-0.15, -0.1) is 23.2 Å². The molecule has 1 aromatic rings. The summed E-state index contributed by atoms with van der Waals surface area (Å²) in [6.45, 7) is 0. The molecule has 0 aliphatic heterocycles. The number of aromatic nitrogens is 1. The van der Waals surface area contributed by atoms with E-state index in [0.717, 1.165) is 0 Å². The minimum Gasteiger partial charge on any atom is -0.376 e. The molecule has 1 rings (SSSR count). The van der Waals surface area contributed by atoms with Gasteiger partial charge in [0.1, 0.15) is 0 Å². The summed E-state index contributed by atoms with van der Waals surface area (Å²) in [6.07, 6.45) is 3.87. The van der Waals surface area contributed by atoms with Crippen LogP contribution in [0, 0.1) is 0 Å². The highest BCUT2D eigenvalue weighted by Gasteiger charge is 1.89. The first-order chi connectivity index (χ1) is 5.22. The van der Waals surface area contributed by atoms with E-state index in [1.165, 1.54) is 5.69 Å². The Bertz CT molecular complexity index is 161.